The quantitative estimate of drug-likeness (QED) is 0.791. The molecule has 0 bridgehead atoms. The van der Waals surface area contributed by atoms with Gasteiger partial charge in [-0.1, -0.05) is 29.9 Å². The SMILES string of the molecule is Cc1ccc(Cl)c2c(C)cc(C(N)=S)nc12. The second kappa shape index (κ2) is 4.00. The Hall–Kier alpha value is -1.19. The largest absolute Gasteiger partial charge is 0.388 e. The topological polar surface area (TPSA) is 38.9 Å². The van der Waals surface area contributed by atoms with Crippen LogP contribution in [-0.2, 0) is 0 Å². The molecule has 0 unspecified atom stereocenters. The minimum Gasteiger partial charge on any atom is -0.388 e. The highest BCUT2D eigenvalue weighted by Crippen LogP contribution is 2.28. The van der Waals surface area contributed by atoms with Crippen LogP contribution in [0, 0.1) is 13.8 Å². The van der Waals surface area contributed by atoms with Crippen molar-refractivity contribution < 1.29 is 0 Å². The predicted molar refractivity (Wildman–Crippen MR) is 72.1 cm³/mol. The lowest BCUT2D eigenvalue weighted by Gasteiger charge is -2.09. The molecule has 0 spiro atoms. The first-order chi connectivity index (χ1) is 7.50. The van der Waals surface area contributed by atoms with Crippen molar-refractivity contribution in [1.29, 1.82) is 0 Å². The summed E-state index contributed by atoms with van der Waals surface area (Å²) < 4.78 is 0. The molecule has 2 nitrogen and oxygen atoms in total. The summed E-state index contributed by atoms with van der Waals surface area (Å²) >= 11 is 11.1. The Kier molecular flexibility index (Phi) is 2.82. The number of benzene rings is 1. The zero-order valence-corrected chi connectivity index (χ0v) is 10.6. The van der Waals surface area contributed by atoms with Gasteiger partial charge in [-0.3, -0.25) is 0 Å². The van der Waals surface area contributed by atoms with E-state index in [-0.39, 0.29) is 0 Å². The molecule has 1 aromatic carbocycles. The first kappa shape index (κ1) is 11.3. The standard InChI is InChI=1S/C12H11ClN2S/c1-6-3-4-8(13)10-7(2)5-9(12(14)16)15-11(6)10/h3-5H,1-2H3,(H2,14,16). The van der Waals surface area contributed by atoms with Gasteiger partial charge < -0.3 is 5.73 Å². The number of fused-ring (bicyclic) bond motifs is 1. The smallest absolute Gasteiger partial charge is 0.122 e. The van der Waals surface area contributed by atoms with Crippen LogP contribution in [0.5, 0.6) is 0 Å². The molecule has 16 heavy (non-hydrogen) atoms. The van der Waals surface area contributed by atoms with Crippen LogP contribution in [-0.4, -0.2) is 9.97 Å². The molecular weight excluding hydrogens is 240 g/mol. The molecule has 0 aliphatic carbocycles. The molecule has 0 aliphatic heterocycles. The molecule has 4 heteroatoms. The van der Waals surface area contributed by atoms with Gasteiger partial charge in [0.05, 0.1) is 16.2 Å². The highest BCUT2D eigenvalue weighted by atomic mass is 35.5. The fourth-order valence-corrected chi connectivity index (χ4v) is 2.15. The van der Waals surface area contributed by atoms with Crippen molar-refractivity contribution in [3.63, 3.8) is 0 Å². The van der Waals surface area contributed by atoms with Crippen molar-refractivity contribution in [1.82, 2.24) is 4.98 Å². The second-order valence-corrected chi connectivity index (χ2v) is 4.62. The molecule has 0 radical (unpaired) electrons. The third kappa shape index (κ3) is 1.77. The van der Waals surface area contributed by atoms with Gasteiger partial charge in [-0.15, -0.1) is 0 Å². The summed E-state index contributed by atoms with van der Waals surface area (Å²) in [4.78, 5) is 4.75. The van der Waals surface area contributed by atoms with Crippen molar-refractivity contribution in [2.45, 2.75) is 13.8 Å². The average molecular weight is 251 g/mol. The molecule has 2 aromatic rings. The predicted octanol–water partition coefficient (Wildman–Crippen LogP) is 3.14. The number of nitrogens with two attached hydrogens (primary N) is 1. The fourth-order valence-electron chi connectivity index (χ4n) is 1.75. The Morgan fingerprint density at radius 1 is 1.31 bits per heavy atom. The Bertz CT molecular complexity index is 593. The zero-order valence-electron chi connectivity index (χ0n) is 9.04. The normalized spacial score (nSPS) is 10.7. The molecule has 0 aliphatic rings. The second-order valence-electron chi connectivity index (χ2n) is 3.78. The number of nitrogens with zero attached hydrogens (tertiary/aromatic N) is 1. The van der Waals surface area contributed by atoms with E-state index >= 15 is 0 Å². The van der Waals surface area contributed by atoms with Crippen LogP contribution < -0.4 is 5.73 Å². The van der Waals surface area contributed by atoms with Crippen molar-refractivity contribution in [2.24, 2.45) is 5.73 Å². The lowest BCUT2D eigenvalue weighted by molar-refractivity contribution is 1.30. The number of hydrogen-bond donors (Lipinski definition) is 1. The van der Waals surface area contributed by atoms with Crippen LogP contribution in [0.2, 0.25) is 5.02 Å². The average Bonchev–Trinajstić information content (AvgIpc) is 2.22. The number of rotatable bonds is 1. The summed E-state index contributed by atoms with van der Waals surface area (Å²) in [5, 5.41) is 1.68. The number of halogens is 1. The van der Waals surface area contributed by atoms with Crippen LogP contribution in [0.4, 0.5) is 0 Å². The first-order valence-electron chi connectivity index (χ1n) is 4.87. The molecule has 2 rings (SSSR count). The minimum absolute atomic E-state index is 0.310. The van der Waals surface area contributed by atoms with Gasteiger partial charge in [-0.05, 0) is 37.1 Å². The van der Waals surface area contributed by atoms with Gasteiger partial charge >= 0.3 is 0 Å². The molecule has 2 N–H and O–H groups in total. The zero-order chi connectivity index (χ0) is 11.9. The van der Waals surface area contributed by atoms with Gasteiger partial charge in [0.15, 0.2) is 0 Å². The third-order valence-corrected chi connectivity index (χ3v) is 3.09. The summed E-state index contributed by atoms with van der Waals surface area (Å²) in [6, 6.07) is 5.70. The first-order valence-corrected chi connectivity index (χ1v) is 5.65. The Balaban J connectivity index is 2.92. The molecule has 0 amide bonds. The van der Waals surface area contributed by atoms with E-state index in [2.05, 4.69) is 4.98 Å². The molecule has 0 fully saturated rings. The molecule has 0 saturated heterocycles. The number of pyridine rings is 1. The van der Waals surface area contributed by atoms with E-state index in [1.165, 1.54) is 0 Å². The monoisotopic (exact) mass is 250 g/mol. The van der Waals surface area contributed by atoms with E-state index in [9.17, 15) is 0 Å². The molecule has 0 atom stereocenters. The molecule has 0 saturated carbocycles. The van der Waals surface area contributed by atoms with Gasteiger partial charge in [-0.2, -0.15) is 0 Å². The lowest BCUT2D eigenvalue weighted by atomic mass is 10.1. The molecule has 1 aromatic heterocycles. The molecule has 82 valence electrons. The summed E-state index contributed by atoms with van der Waals surface area (Å²) in [5.74, 6) is 0. The third-order valence-electron chi connectivity index (χ3n) is 2.56. The van der Waals surface area contributed by atoms with E-state index < -0.39 is 0 Å². The number of hydrogen-bond acceptors (Lipinski definition) is 2. The van der Waals surface area contributed by atoms with E-state index in [0.29, 0.717) is 15.7 Å². The van der Waals surface area contributed by atoms with E-state index in [0.717, 1.165) is 22.0 Å². The Labute approximate surface area is 104 Å². The van der Waals surface area contributed by atoms with Crippen molar-refractivity contribution in [3.05, 3.63) is 40.0 Å². The lowest BCUT2D eigenvalue weighted by Crippen LogP contribution is -2.12. The molecular formula is C12H11ClN2S. The van der Waals surface area contributed by atoms with Gasteiger partial charge in [0.2, 0.25) is 0 Å². The highest BCUT2D eigenvalue weighted by molar-refractivity contribution is 7.80. The van der Waals surface area contributed by atoms with Crippen LogP contribution >= 0.6 is 23.8 Å². The number of aryl methyl sites for hydroxylation is 2. The summed E-state index contributed by atoms with van der Waals surface area (Å²) in [6.45, 7) is 3.98. The summed E-state index contributed by atoms with van der Waals surface area (Å²) in [7, 11) is 0. The van der Waals surface area contributed by atoms with E-state index in [1.54, 1.807) is 0 Å². The van der Waals surface area contributed by atoms with Gasteiger partial charge in [-0.25, -0.2) is 4.98 Å². The number of thiocarbonyl (C=S) groups is 1. The van der Waals surface area contributed by atoms with Gasteiger partial charge in [0.25, 0.3) is 0 Å². The minimum atomic E-state index is 0.310. The van der Waals surface area contributed by atoms with E-state index in [4.69, 9.17) is 29.6 Å². The summed E-state index contributed by atoms with van der Waals surface area (Å²) in [6.07, 6.45) is 0. The van der Waals surface area contributed by atoms with Crippen LogP contribution in [0.1, 0.15) is 16.8 Å². The fraction of sp³-hybridized carbons (Fsp3) is 0.167. The maximum atomic E-state index is 6.16. The number of aromatic nitrogens is 1. The maximum absolute atomic E-state index is 6.16. The van der Waals surface area contributed by atoms with Crippen molar-refractivity contribution >= 4 is 39.7 Å². The van der Waals surface area contributed by atoms with Gasteiger partial charge in [0.1, 0.15) is 4.99 Å². The maximum Gasteiger partial charge on any atom is 0.122 e. The van der Waals surface area contributed by atoms with Crippen molar-refractivity contribution in [2.75, 3.05) is 0 Å². The highest BCUT2D eigenvalue weighted by Gasteiger charge is 2.09. The van der Waals surface area contributed by atoms with Crippen LogP contribution in [0.15, 0.2) is 18.2 Å². The summed E-state index contributed by atoms with van der Waals surface area (Å²) in [5.41, 5.74) is 9.23. The van der Waals surface area contributed by atoms with Crippen LogP contribution in [0.25, 0.3) is 10.9 Å². The Morgan fingerprint density at radius 3 is 2.62 bits per heavy atom. The van der Waals surface area contributed by atoms with Gasteiger partial charge in [0, 0.05) is 5.39 Å². The Morgan fingerprint density at radius 2 is 2.00 bits per heavy atom. The van der Waals surface area contributed by atoms with Crippen molar-refractivity contribution in [3.8, 4) is 0 Å². The molecule has 1 heterocycles. The van der Waals surface area contributed by atoms with E-state index in [1.807, 2.05) is 32.0 Å². The van der Waals surface area contributed by atoms with Crippen LogP contribution in [0.3, 0.4) is 0 Å².